The van der Waals surface area contributed by atoms with Crippen molar-refractivity contribution in [3.05, 3.63) is 40.1 Å². The molecule has 3 heterocycles. The number of halogens is 2. The lowest BCUT2D eigenvalue weighted by Crippen LogP contribution is -2.54. The summed E-state index contributed by atoms with van der Waals surface area (Å²) < 4.78 is 5.93. The Bertz CT molecular complexity index is 793. The molecule has 0 aliphatic carbocycles. The Morgan fingerprint density at radius 1 is 1.18 bits per heavy atom. The highest BCUT2D eigenvalue weighted by molar-refractivity contribution is 6.42. The molecule has 0 unspecified atom stereocenters. The van der Waals surface area contributed by atoms with Crippen LogP contribution < -0.4 is 5.32 Å². The number of hydrogen-bond donors (Lipinski definition) is 1. The van der Waals surface area contributed by atoms with Crippen molar-refractivity contribution in [1.82, 2.24) is 14.7 Å². The average molecular weight is 424 g/mol. The van der Waals surface area contributed by atoms with Gasteiger partial charge in [-0.3, -0.25) is 9.89 Å². The zero-order valence-corrected chi connectivity index (χ0v) is 17.0. The summed E-state index contributed by atoms with van der Waals surface area (Å²) in [5.41, 5.74) is 1.84. The maximum absolute atomic E-state index is 12.5. The van der Waals surface area contributed by atoms with Gasteiger partial charge >= 0.3 is 6.03 Å². The lowest BCUT2D eigenvalue weighted by Gasteiger charge is -2.40. The van der Waals surface area contributed by atoms with E-state index in [1.165, 1.54) is 5.70 Å². The minimum Gasteiger partial charge on any atom is -0.373 e. The lowest BCUT2D eigenvalue weighted by molar-refractivity contribution is -0.0356. The summed E-state index contributed by atoms with van der Waals surface area (Å²) in [6, 6.07) is 4.97. The van der Waals surface area contributed by atoms with Gasteiger partial charge in [-0.15, -0.1) is 0 Å². The first-order chi connectivity index (χ1) is 13.6. The molecule has 0 spiro atoms. The number of amides is 2. The molecule has 1 N–H and O–H groups in total. The van der Waals surface area contributed by atoms with Gasteiger partial charge in [0, 0.05) is 51.5 Å². The van der Waals surface area contributed by atoms with Gasteiger partial charge in [0.15, 0.2) is 0 Å². The Kier molecular flexibility index (Phi) is 6.06. The third-order valence-electron chi connectivity index (χ3n) is 5.21. The van der Waals surface area contributed by atoms with Crippen LogP contribution in [-0.4, -0.2) is 85.5 Å². The molecule has 1 atom stereocenters. The third-order valence-corrected chi connectivity index (χ3v) is 5.95. The van der Waals surface area contributed by atoms with Gasteiger partial charge in [-0.2, -0.15) is 0 Å². The number of carbonyl (C=O) groups is 1. The number of nitrogens with zero attached hydrogens (tertiary/aromatic N) is 4. The maximum Gasteiger partial charge on any atom is 0.321 e. The van der Waals surface area contributed by atoms with E-state index in [2.05, 4.69) is 20.1 Å². The number of ether oxygens (including phenoxy) is 1. The van der Waals surface area contributed by atoms with Crippen LogP contribution in [0.1, 0.15) is 0 Å². The van der Waals surface area contributed by atoms with Crippen molar-refractivity contribution in [2.45, 2.75) is 6.10 Å². The molecule has 2 amide bonds. The monoisotopic (exact) mass is 423 g/mol. The molecule has 3 aliphatic heterocycles. The van der Waals surface area contributed by atoms with E-state index >= 15 is 0 Å². The van der Waals surface area contributed by atoms with E-state index in [-0.39, 0.29) is 12.1 Å². The van der Waals surface area contributed by atoms with Crippen molar-refractivity contribution in [3.63, 3.8) is 0 Å². The van der Waals surface area contributed by atoms with Gasteiger partial charge in [-0.25, -0.2) is 4.79 Å². The first-order valence-corrected chi connectivity index (χ1v) is 10.2. The molecular weight excluding hydrogens is 401 g/mol. The zero-order valence-electron chi connectivity index (χ0n) is 15.5. The second-order valence-corrected chi connectivity index (χ2v) is 7.93. The van der Waals surface area contributed by atoms with Crippen LogP contribution in [0.2, 0.25) is 10.0 Å². The predicted molar refractivity (Wildman–Crippen MR) is 111 cm³/mol. The molecule has 150 valence electrons. The van der Waals surface area contributed by atoms with Crippen LogP contribution in [0.25, 0.3) is 0 Å². The van der Waals surface area contributed by atoms with E-state index < -0.39 is 0 Å². The highest BCUT2D eigenvalue weighted by atomic mass is 35.5. The van der Waals surface area contributed by atoms with E-state index in [1.54, 1.807) is 18.2 Å². The smallest absolute Gasteiger partial charge is 0.321 e. The molecule has 0 aromatic heterocycles. The van der Waals surface area contributed by atoms with Crippen LogP contribution in [0.15, 0.2) is 35.1 Å². The quantitative estimate of drug-likeness (QED) is 0.808. The summed E-state index contributed by atoms with van der Waals surface area (Å²) in [4.78, 5) is 23.0. The standard InChI is InChI=1S/C19H23Cl2N5O2/c20-17-2-1-14(9-18(17)21)23-19(27)25-5-3-24(4-6-25)12-16-13-26(7-8-28-16)15-10-22-11-15/h1-2,9-11,16H,3-8,12-13H2,(H,23,27)/t16-/m0/s1. The minimum atomic E-state index is -0.116. The second kappa shape index (κ2) is 8.69. The van der Waals surface area contributed by atoms with Gasteiger partial charge in [0.1, 0.15) is 0 Å². The molecule has 2 saturated heterocycles. The number of anilines is 1. The number of allylic oxidation sites excluding steroid dienone is 1. The van der Waals surface area contributed by atoms with Crippen LogP contribution in [0.4, 0.5) is 10.5 Å². The number of piperazine rings is 1. The Labute approximate surface area is 174 Å². The van der Waals surface area contributed by atoms with Crippen molar-refractivity contribution in [2.75, 3.05) is 57.7 Å². The molecule has 4 rings (SSSR count). The molecule has 0 radical (unpaired) electrons. The van der Waals surface area contributed by atoms with E-state index in [0.29, 0.717) is 28.8 Å². The van der Waals surface area contributed by atoms with Gasteiger partial charge < -0.3 is 19.9 Å². The molecule has 2 fully saturated rings. The van der Waals surface area contributed by atoms with Crippen molar-refractivity contribution in [3.8, 4) is 0 Å². The van der Waals surface area contributed by atoms with Gasteiger partial charge in [0.2, 0.25) is 0 Å². The number of benzene rings is 1. The summed E-state index contributed by atoms with van der Waals surface area (Å²) in [6.07, 6.45) is 3.97. The molecule has 9 heteroatoms. The van der Waals surface area contributed by atoms with E-state index in [9.17, 15) is 4.79 Å². The number of urea groups is 1. The molecule has 3 aliphatic rings. The first kappa shape index (κ1) is 19.5. The summed E-state index contributed by atoms with van der Waals surface area (Å²) in [5, 5.41) is 3.78. The molecule has 0 bridgehead atoms. The largest absolute Gasteiger partial charge is 0.373 e. The molecule has 0 saturated carbocycles. The van der Waals surface area contributed by atoms with Crippen LogP contribution >= 0.6 is 23.2 Å². The fourth-order valence-corrected chi connectivity index (χ4v) is 3.86. The van der Waals surface area contributed by atoms with Crippen LogP contribution in [-0.2, 0) is 4.74 Å². The van der Waals surface area contributed by atoms with E-state index in [4.69, 9.17) is 27.9 Å². The first-order valence-electron chi connectivity index (χ1n) is 9.42. The van der Waals surface area contributed by atoms with E-state index in [1.807, 2.05) is 17.3 Å². The van der Waals surface area contributed by atoms with Crippen molar-refractivity contribution in [1.29, 1.82) is 0 Å². The van der Waals surface area contributed by atoms with Crippen molar-refractivity contribution >= 4 is 41.1 Å². The predicted octanol–water partition coefficient (Wildman–Crippen LogP) is 2.77. The maximum atomic E-state index is 12.5. The molecular formula is C19H23Cl2N5O2. The molecule has 7 nitrogen and oxygen atoms in total. The summed E-state index contributed by atoms with van der Waals surface area (Å²) in [5.74, 6) is 0. The highest BCUT2D eigenvalue weighted by Crippen LogP contribution is 2.25. The van der Waals surface area contributed by atoms with Crippen LogP contribution in [0.3, 0.4) is 0 Å². The number of carbonyl (C=O) groups excluding carboxylic acids is 1. The highest BCUT2D eigenvalue weighted by Gasteiger charge is 2.27. The fourth-order valence-electron chi connectivity index (χ4n) is 3.57. The Hall–Kier alpha value is -1.80. The summed E-state index contributed by atoms with van der Waals surface area (Å²) in [6.45, 7) is 6.44. The summed E-state index contributed by atoms with van der Waals surface area (Å²) in [7, 11) is 0. The Morgan fingerprint density at radius 2 is 1.96 bits per heavy atom. The van der Waals surface area contributed by atoms with Crippen molar-refractivity contribution < 1.29 is 9.53 Å². The van der Waals surface area contributed by atoms with Gasteiger partial charge in [0.05, 0.1) is 40.9 Å². The fraction of sp³-hybridized carbons (Fsp3) is 0.474. The molecule has 1 aromatic rings. The third kappa shape index (κ3) is 4.60. The number of hydrogen-bond acceptors (Lipinski definition) is 5. The number of nitrogens with one attached hydrogen (secondary N) is 1. The Balaban J connectivity index is 1.22. The van der Waals surface area contributed by atoms with Gasteiger partial charge in [0.25, 0.3) is 0 Å². The normalized spacial score (nSPS) is 22.6. The average Bonchev–Trinajstić information content (AvgIpc) is 2.64. The summed E-state index contributed by atoms with van der Waals surface area (Å²) >= 11 is 11.9. The molecule has 28 heavy (non-hydrogen) atoms. The topological polar surface area (TPSA) is 60.4 Å². The van der Waals surface area contributed by atoms with Crippen LogP contribution in [0, 0.1) is 0 Å². The minimum absolute atomic E-state index is 0.116. The number of aliphatic imine (C=N–C) groups is 1. The van der Waals surface area contributed by atoms with Crippen molar-refractivity contribution in [2.24, 2.45) is 4.99 Å². The van der Waals surface area contributed by atoms with E-state index in [0.717, 1.165) is 39.3 Å². The van der Waals surface area contributed by atoms with Crippen LogP contribution in [0.5, 0.6) is 0 Å². The lowest BCUT2D eigenvalue weighted by atomic mass is 10.2. The van der Waals surface area contributed by atoms with Gasteiger partial charge in [-0.1, -0.05) is 23.2 Å². The van der Waals surface area contributed by atoms with Gasteiger partial charge in [-0.05, 0) is 18.2 Å². The zero-order chi connectivity index (χ0) is 19.5. The molecule has 1 aromatic carbocycles. The Morgan fingerprint density at radius 3 is 2.64 bits per heavy atom. The SMILES string of the molecule is O=C(Nc1ccc(Cl)c(Cl)c1)N1CCN(C[C@H]2CN(C3=CN=C3)CCO2)CC1. The number of rotatable bonds is 4. The second-order valence-electron chi connectivity index (χ2n) is 7.12. The number of morpholine rings is 1.